The lowest BCUT2D eigenvalue weighted by Crippen LogP contribution is -2.05. The molecule has 0 spiro atoms. The summed E-state index contributed by atoms with van der Waals surface area (Å²) in [7, 11) is 0. The number of aryl methyl sites for hydroxylation is 1. The molecule has 22 heavy (non-hydrogen) atoms. The van der Waals surface area contributed by atoms with Crippen LogP contribution in [0, 0.1) is 11.3 Å². The maximum absolute atomic E-state index is 11.2. The van der Waals surface area contributed by atoms with Crippen molar-refractivity contribution in [1.82, 2.24) is 0 Å². The zero-order valence-corrected chi connectivity index (χ0v) is 12.4. The van der Waals surface area contributed by atoms with E-state index in [0.717, 1.165) is 35.1 Å². The number of hydrogen-bond acceptors (Lipinski definition) is 2. The number of carboxylic acids is 1. The van der Waals surface area contributed by atoms with E-state index in [0.29, 0.717) is 10.6 Å². The van der Waals surface area contributed by atoms with Crippen molar-refractivity contribution in [3.63, 3.8) is 0 Å². The Morgan fingerprint density at radius 2 is 2.00 bits per heavy atom. The van der Waals surface area contributed by atoms with Crippen LogP contribution in [-0.4, -0.2) is 11.1 Å². The Bertz CT molecular complexity index is 847. The van der Waals surface area contributed by atoms with Crippen molar-refractivity contribution < 1.29 is 9.90 Å². The molecule has 0 aliphatic heterocycles. The largest absolute Gasteiger partial charge is 0.478 e. The minimum atomic E-state index is -0.954. The summed E-state index contributed by atoms with van der Waals surface area (Å²) in [6.07, 6.45) is 3.79. The Balaban J connectivity index is 2.19. The number of carboxylic acid groups (broad SMARTS) is 1. The quantitative estimate of drug-likeness (QED) is 0.900. The van der Waals surface area contributed by atoms with Crippen molar-refractivity contribution in [3.05, 3.63) is 75.3 Å². The molecule has 108 valence electrons. The Kier molecular flexibility index (Phi) is 3.70. The van der Waals surface area contributed by atoms with Crippen LogP contribution in [0.15, 0.2) is 42.5 Å². The molecule has 1 N–H and O–H groups in total. The van der Waals surface area contributed by atoms with Crippen molar-refractivity contribution >= 4 is 23.1 Å². The van der Waals surface area contributed by atoms with Gasteiger partial charge in [-0.15, -0.1) is 0 Å². The van der Waals surface area contributed by atoms with E-state index in [2.05, 4.69) is 12.1 Å². The van der Waals surface area contributed by atoms with Crippen LogP contribution >= 0.6 is 11.6 Å². The topological polar surface area (TPSA) is 61.1 Å². The minimum Gasteiger partial charge on any atom is -0.478 e. The van der Waals surface area contributed by atoms with E-state index in [-0.39, 0.29) is 5.56 Å². The number of nitriles is 1. The van der Waals surface area contributed by atoms with Crippen molar-refractivity contribution in [1.29, 1.82) is 5.26 Å². The van der Waals surface area contributed by atoms with Gasteiger partial charge in [-0.1, -0.05) is 29.8 Å². The smallest absolute Gasteiger partial charge is 0.335 e. The van der Waals surface area contributed by atoms with Crippen molar-refractivity contribution in [3.8, 4) is 6.07 Å². The third kappa shape index (κ3) is 2.49. The average Bonchev–Trinajstić information content (AvgIpc) is 2.53. The van der Waals surface area contributed by atoms with Gasteiger partial charge in [0.25, 0.3) is 0 Å². The van der Waals surface area contributed by atoms with Crippen molar-refractivity contribution in [2.45, 2.75) is 12.8 Å². The lowest BCUT2D eigenvalue weighted by molar-refractivity contribution is 0.0697. The molecule has 0 saturated heterocycles. The molecule has 0 unspecified atom stereocenters. The Morgan fingerprint density at radius 3 is 2.73 bits per heavy atom. The van der Waals surface area contributed by atoms with E-state index >= 15 is 0 Å². The van der Waals surface area contributed by atoms with E-state index < -0.39 is 5.97 Å². The first-order chi connectivity index (χ1) is 10.6. The highest BCUT2D eigenvalue weighted by atomic mass is 35.5. The minimum absolute atomic E-state index is 0.249. The Labute approximate surface area is 133 Å². The van der Waals surface area contributed by atoms with Crippen LogP contribution in [-0.2, 0) is 6.42 Å². The second-order valence-electron chi connectivity index (χ2n) is 5.14. The average molecular weight is 310 g/mol. The number of nitrogens with zero attached hydrogens (tertiary/aromatic N) is 1. The Morgan fingerprint density at radius 1 is 1.18 bits per heavy atom. The van der Waals surface area contributed by atoms with Crippen molar-refractivity contribution in [2.75, 3.05) is 0 Å². The summed E-state index contributed by atoms with van der Waals surface area (Å²) < 4.78 is 0. The number of fused-ring (bicyclic) bond motifs is 1. The van der Waals surface area contributed by atoms with Crippen LogP contribution in [0.3, 0.4) is 0 Å². The Hall–Kier alpha value is -2.57. The molecule has 2 aromatic carbocycles. The summed E-state index contributed by atoms with van der Waals surface area (Å²) in [5.74, 6) is -0.954. The molecule has 0 saturated carbocycles. The van der Waals surface area contributed by atoms with E-state index in [4.69, 9.17) is 11.6 Å². The predicted molar refractivity (Wildman–Crippen MR) is 85.0 cm³/mol. The molecule has 2 aromatic rings. The van der Waals surface area contributed by atoms with Crippen molar-refractivity contribution in [2.24, 2.45) is 0 Å². The fourth-order valence-corrected chi connectivity index (χ4v) is 2.93. The molecular weight excluding hydrogens is 298 g/mol. The number of allylic oxidation sites excluding steroid dienone is 1. The molecule has 0 radical (unpaired) electrons. The lowest BCUT2D eigenvalue weighted by atomic mass is 9.84. The van der Waals surface area contributed by atoms with Crippen LogP contribution in [0.5, 0.6) is 0 Å². The summed E-state index contributed by atoms with van der Waals surface area (Å²) in [4.78, 5) is 11.2. The van der Waals surface area contributed by atoms with Crippen LogP contribution < -0.4 is 0 Å². The monoisotopic (exact) mass is 309 g/mol. The molecule has 1 aliphatic carbocycles. The van der Waals surface area contributed by atoms with Gasteiger partial charge < -0.3 is 5.11 Å². The molecule has 0 heterocycles. The normalized spacial score (nSPS) is 13.0. The highest BCUT2D eigenvalue weighted by Crippen LogP contribution is 2.34. The second kappa shape index (κ2) is 5.67. The second-order valence-corrected chi connectivity index (χ2v) is 5.57. The number of hydrogen-bond donors (Lipinski definition) is 1. The summed E-state index contributed by atoms with van der Waals surface area (Å²) in [6, 6.07) is 12.5. The molecule has 0 amide bonds. The lowest BCUT2D eigenvalue weighted by Gasteiger charge is -2.19. The fraction of sp³-hybridized carbons (Fsp3) is 0.111. The summed E-state index contributed by atoms with van der Waals surface area (Å²) >= 11 is 5.95. The van der Waals surface area contributed by atoms with Gasteiger partial charge in [-0.2, -0.15) is 5.26 Å². The maximum Gasteiger partial charge on any atom is 0.335 e. The van der Waals surface area contributed by atoms with Gasteiger partial charge in [-0.25, -0.2) is 4.79 Å². The number of rotatable bonds is 2. The van der Waals surface area contributed by atoms with Gasteiger partial charge in [0.05, 0.1) is 17.2 Å². The summed E-state index contributed by atoms with van der Waals surface area (Å²) in [5.41, 5.74) is 4.41. The standard InChI is InChI=1S/C18H12ClNO2/c19-14-6-7-15(13(8-14)10-20)16-3-1-2-11-4-5-12(18(21)22)9-17(11)16/h3-9H,1-2H2,(H,21,22). The fourth-order valence-electron chi connectivity index (χ4n) is 2.76. The van der Waals surface area contributed by atoms with Crippen LogP contribution in [0.1, 0.15) is 39.0 Å². The third-order valence-electron chi connectivity index (χ3n) is 3.80. The third-order valence-corrected chi connectivity index (χ3v) is 4.04. The van der Waals surface area contributed by atoms with Gasteiger partial charge in [-0.3, -0.25) is 0 Å². The van der Waals surface area contributed by atoms with Crippen LogP contribution in [0.25, 0.3) is 5.57 Å². The predicted octanol–water partition coefficient (Wildman–Crippen LogP) is 4.29. The maximum atomic E-state index is 11.2. The molecule has 0 atom stereocenters. The van der Waals surface area contributed by atoms with Gasteiger partial charge in [0.1, 0.15) is 0 Å². The number of benzene rings is 2. The van der Waals surface area contributed by atoms with Gasteiger partial charge in [0.15, 0.2) is 0 Å². The zero-order valence-electron chi connectivity index (χ0n) is 11.6. The van der Waals surface area contributed by atoms with Gasteiger partial charge >= 0.3 is 5.97 Å². The first kappa shape index (κ1) is 14.4. The first-order valence-corrected chi connectivity index (χ1v) is 7.24. The van der Waals surface area contributed by atoms with Gasteiger partial charge in [-0.05, 0) is 59.4 Å². The molecule has 3 rings (SSSR count). The van der Waals surface area contributed by atoms with Gasteiger partial charge in [0, 0.05) is 5.02 Å². The van der Waals surface area contributed by atoms with E-state index in [1.807, 2.05) is 12.1 Å². The molecular formula is C18H12ClNO2. The summed E-state index contributed by atoms with van der Waals surface area (Å²) in [6.45, 7) is 0. The highest BCUT2D eigenvalue weighted by molar-refractivity contribution is 6.30. The molecule has 0 fully saturated rings. The van der Waals surface area contributed by atoms with E-state index in [1.54, 1.807) is 24.3 Å². The molecule has 0 aromatic heterocycles. The van der Waals surface area contributed by atoms with E-state index in [9.17, 15) is 15.2 Å². The highest BCUT2D eigenvalue weighted by Gasteiger charge is 2.18. The van der Waals surface area contributed by atoms with E-state index in [1.165, 1.54) is 0 Å². The molecule has 1 aliphatic rings. The van der Waals surface area contributed by atoms with Crippen LogP contribution in [0.4, 0.5) is 0 Å². The number of aromatic carboxylic acids is 1. The molecule has 3 nitrogen and oxygen atoms in total. The first-order valence-electron chi connectivity index (χ1n) is 6.87. The van der Waals surface area contributed by atoms with Crippen LogP contribution in [0.2, 0.25) is 5.02 Å². The zero-order chi connectivity index (χ0) is 15.7. The molecule has 0 bridgehead atoms. The SMILES string of the molecule is N#Cc1cc(Cl)ccc1C1=CCCc2ccc(C(=O)O)cc21. The molecule has 4 heteroatoms. The summed E-state index contributed by atoms with van der Waals surface area (Å²) in [5, 5.41) is 19.0. The van der Waals surface area contributed by atoms with Gasteiger partial charge in [0.2, 0.25) is 0 Å². The number of carbonyl (C=O) groups is 1. The number of halogens is 1.